The van der Waals surface area contributed by atoms with Gasteiger partial charge in [0.1, 0.15) is 11.5 Å². The monoisotopic (exact) mass is 309 g/mol. The lowest BCUT2D eigenvalue weighted by Gasteiger charge is -2.05. The molecule has 0 aliphatic rings. The number of amides is 1. The highest BCUT2D eigenvalue weighted by molar-refractivity contribution is 6.04. The van der Waals surface area contributed by atoms with Gasteiger partial charge in [-0.1, -0.05) is 12.1 Å². The fourth-order valence-electron chi connectivity index (χ4n) is 2.29. The Bertz CT molecular complexity index is 830. The third kappa shape index (κ3) is 3.34. The predicted octanol–water partition coefficient (Wildman–Crippen LogP) is 4.28. The van der Waals surface area contributed by atoms with Gasteiger partial charge in [0.2, 0.25) is 0 Å². The van der Waals surface area contributed by atoms with Gasteiger partial charge < -0.3 is 9.73 Å². The maximum atomic E-state index is 12.4. The number of hydrogen-bond donors (Lipinski definition) is 1. The third-order valence-corrected chi connectivity index (χ3v) is 3.54. The second-order valence-corrected chi connectivity index (χ2v) is 5.75. The van der Waals surface area contributed by atoms with Crippen LogP contribution in [0.2, 0.25) is 0 Å². The minimum Gasteiger partial charge on any atom is -0.461 e. The number of anilines is 1. The van der Waals surface area contributed by atoms with Gasteiger partial charge in [-0.05, 0) is 45.0 Å². The van der Waals surface area contributed by atoms with E-state index in [1.54, 1.807) is 16.9 Å². The van der Waals surface area contributed by atoms with Crippen molar-refractivity contribution in [1.82, 2.24) is 9.78 Å². The molecule has 1 amide bonds. The van der Waals surface area contributed by atoms with Crippen LogP contribution in [-0.4, -0.2) is 15.7 Å². The van der Waals surface area contributed by atoms with Crippen LogP contribution in [0, 0.1) is 6.92 Å². The van der Waals surface area contributed by atoms with E-state index in [4.69, 9.17) is 4.42 Å². The number of aryl methyl sites for hydroxylation is 1. The second-order valence-electron chi connectivity index (χ2n) is 5.75. The van der Waals surface area contributed by atoms with E-state index in [1.165, 1.54) is 0 Å². The Kier molecular flexibility index (Phi) is 4.02. The molecule has 3 rings (SSSR count). The number of carbonyl (C=O) groups is 1. The van der Waals surface area contributed by atoms with Gasteiger partial charge >= 0.3 is 0 Å². The van der Waals surface area contributed by atoms with E-state index in [1.807, 2.05) is 57.3 Å². The molecule has 0 aliphatic carbocycles. The smallest absolute Gasteiger partial charge is 0.255 e. The summed E-state index contributed by atoms with van der Waals surface area (Å²) in [5.41, 5.74) is 2.14. The van der Waals surface area contributed by atoms with Gasteiger partial charge in [-0.15, -0.1) is 0 Å². The number of nitrogens with one attached hydrogen (secondary N) is 1. The highest BCUT2D eigenvalue weighted by Crippen LogP contribution is 2.23. The fourth-order valence-corrected chi connectivity index (χ4v) is 2.29. The summed E-state index contributed by atoms with van der Waals surface area (Å²) >= 11 is 0. The van der Waals surface area contributed by atoms with Crippen LogP contribution in [0.3, 0.4) is 0 Å². The van der Waals surface area contributed by atoms with E-state index in [9.17, 15) is 4.79 Å². The first-order valence-electron chi connectivity index (χ1n) is 7.55. The van der Waals surface area contributed by atoms with Crippen LogP contribution in [0.1, 0.15) is 36.0 Å². The normalized spacial score (nSPS) is 11.0. The van der Waals surface area contributed by atoms with E-state index in [0.717, 1.165) is 17.1 Å². The molecule has 0 aliphatic heterocycles. The molecule has 0 unspecified atom stereocenters. The summed E-state index contributed by atoms with van der Waals surface area (Å²) in [5.74, 6) is 1.43. The minimum atomic E-state index is -0.168. The van der Waals surface area contributed by atoms with Gasteiger partial charge in [-0.2, -0.15) is 5.10 Å². The highest BCUT2D eigenvalue weighted by atomic mass is 16.3. The number of benzene rings is 1. The van der Waals surface area contributed by atoms with Crippen LogP contribution in [-0.2, 0) is 0 Å². The van der Waals surface area contributed by atoms with Crippen LogP contribution < -0.4 is 5.32 Å². The Morgan fingerprint density at radius 3 is 2.74 bits per heavy atom. The van der Waals surface area contributed by atoms with Crippen molar-refractivity contribution >= 4 is 11.6 Å². The van der Waals surface area contributed by atoms with Crippen LogP contribution in [0.4, 0.5) is 5.69 Å². The molecule has 3 aromatic rings. The average molecular weight is 309 g/mol. The molecule has 0 spiro atoms. The fraction of sp³-hybridized carbons (Fsp3) is 0.222. The van der Waals surface area contributed by atoms with Gasteiger partial charge in [-0.3, -0.25) is 9.48 Å². The van der Waals surface area contributed by atoms with E-state index in [2.05, 4.69) is 10.4 Å². The molecule has 5 heteroatoms. The second kappa shape index (κ2) is 6.12. The zero-order chi connectivity index (χ0) is 16.4. The van der Waals surface area contributed by atoms with Gasteiger partial charge in [0.25, 0.3) is 5.91 Å². The lowest BCUT2D eigenvalue weighted by molar-refractivity contribution is 0.102. The molecule has 5 nitrogen and oxygen atoms in total. The Labute approximate surface area is 134 Å². The van der Waals surface area contributed by atoms with Crippen molar-refractivity contribution < 1.29 is 9.21 Å². The molecule has 0 bridgehead atoms. The Morgan fingerprint density at radius 2 is 2.09 bits per heavy atom. The van der Waals surface area contributed by atoms with Crippen molar-refractivity contribution in [2.75, 3.05) is 5.32 Å². The maximum Gasteiger partial charge on any atom is 0.255 e. The lowest BCUT2D eigenvalue weighted by Crippen LogP contribution is -2.11. The molecule has 118 valence electrons. The summed E-state index contributed by atoms with van der Waals surface area (Å²) in [6, 6.07) is 11.4. The van der Waals surface area contributed by atoms with Crippen LogP contribution in [0.25, 0.3) is 11.3 Å². The molecule has 0 saturated heterocycles. The lowest BCUT2D eigenvalue weighted by atomic mass is 10.1. The molecule has 2 heterocycles. The number of hydrogen-bond acceptors (Lipinski definition) is 3. The Morgan fingerprint density at radius 1 is 1.26 bits per heavy atom. The SMILES string of the molecule is Cc1ccc(-c2cccc(C(=O)Nc3cnn(C(C)C)c3)c2)o1. The molecule has 0 saturated carbocycles. The molecule has 1 aromatic carbocycles. The summed E-state index contributed by atoms with van der Waals surface area (Å²) in [7, 11) is 0. The summed E-state index contributed by atoms with van der Waals surface area (Å²) in [6.45, 7) is 5.97. The molecule has 1 N–H and O–H groups in total. The molecule has 0 atom stereocenters. The zero-order valence-electron chi connectivity index (χ0n) is 13.4. The van der Waals surface area contributed by atoms with Crippen molar-refractivity contribution in [3.05, 3.63) is 60.1 Å². The van der Waals surface area contributed by atoms with Crippen molar-refractivity contribution in [2.45, 2.75) is 26.8 Å². The quantitative estimate of drug-likeness (QED) is 0.782. The van der Waals surface area contributed by atoms with Crippen molar-refractivity contribution in [3.63, 3.8) is 0 Å². The van der Waals surface area contributed by atoms with E-state index in [0.29, 0.717) is 11.3 Å². The molecular weight excluding hydrogens is 290 g/mol. The summed E-state index contributed by atoms with van der Waals surface area (Å²) in [6.07, 6.45) is 3.47. The minimum absolute atomic E-state index is 0.168. The number of aromatic nitrogens is 2. The van der Waals surface area contributed by atoms with Gasteiger partial charge in [-0.25, -0.2) is 0 Å². The number of furan rings is 1. The Balaban J connectivity index is 1.79. The third-order valence-electron chi connectivity index (χ3n) is 3.54. The molecular formula is C18H19N3O2. The molecule has 0 radical (unpaired) electrons. The first-order chi connectivity index (χ1) is 11.0. The number of carbonyl (C=O) groups excluding carboxylic acids is 1. The van der Waals surface area contributed by atoms with Gasteiger partial charge in [0.05, 0.1) is 11.9 Å². The first kappa shape index (κ1) is 15.1. The van der Waals surface area contributed by atoms with E-state index >= 15 is 0 Å². The summed E-state index contributed by atoms with van der Waals surface area (Å²) in [4.78, 5) is 12.4. The predicted molar refractivity (Wildman–Crippen MR) is 89.4 cm³/mol. The summed E-state index contributed by atoms with van der Waals surface area (Å²) < 4.78 is 7.41. The average Bonchev–Trinajstić information content (AvgIpc) is 3.16. The van der Waals surface area contributed by atoms with Crippen LogP contribution >= 0.6 is 0 Å². The Hall–Kier alpha value is -2.82. The first-order valence-corrected chi connectivity index (χ1v) is 7.55. The number of nitrogens with zero attached hydrogens (tertiary/aromatic N) is 2. The van der Waals surface area contributed by atoms with E-state index in [-0.39, 0.29) is 11.9 Å². The van der Waals surface area contributed by atoms with Gasteiger partial charge in [0, 0.05) is 23.4 Å². The van der Waals surface area contributed by atoms with Crippen LogP contribution in [0.15, 0.2) is 53.2 Å². The molecule has 0 fully saturated rings. The van der Waals surface area contributed by atoms with E-state index < -0.39 is 0 Å². The zero-order valence-corrected chi connectivity index (χ0v) is 13.4. The van der Waals surface area contributed by atoms with Crippen LogP contribution in [0.5, 0.6) is 0 Å². The van der Waals surface area contributed by atoms with Crippen molar-refractivity contribution in [3.8, 4) is 11.3 Å². The maximum absolute atomic E-state index is 12.4. The van der Waals surface area contributed by atoms with Crippen molar-refractivity contribution in [1.29, 1.82) is 0 Å². The standard InChI is InChI=1S/C18H19N3O2/c1-12(2)21-11-16(10-19-21)20-18(22)15-6-4-5-14(9-15)17-8-7-13(3)23-17/h4-12H,1-3H3,(H,20,22). The largest absolute Gasteiger partial charge is 0.461 e. The van der Waals surface area contributed by atoms with Crippen molar-refractivity contribution in [2.24, 2.45) is 0 Å². The summed E-state index contributed by atoms with van der Waals surface area (Å²) in [5, 5.41) is 7.08. The van der Waals surface area contributed by atoms with Gasteiger partial charge in [0.15, 0.2) is 0 Å². The molecule has 2 aromatic heterocycles. The molecule has 23 heavy (non-hydrogen) atoms. The highest BCUT2D eigenvalue weighted by Gasteiger charge is 2.11. The topological polar surface area (TPSA) is 60.1 Å². The number of rotatable bonds is 4.